The number of hydrogen-bond acceptors (Lipinski definition) is 5. The second-order valence-corrected chi connectivity index (χ2v) is 10.6. The average molecular weight is 456 g/mol. The van der Waals surface area contributed by atoms with Crippen LogP contribution in [0.5, 0.6) is 0 Å². The molecular weight excluding hydrogens is 418 g/mol. The zero-order chi connectivity index (χ0) is 23.6. The molecule has 8 heteroatoms. The smallest absolute Gasteiger partial charge is 0.404 e. The molecule has 8 nitrogen and oxygen atoms in total. The monoisotopic (exact) mass is 455 g/mol. The lowest BCUT2D eigenvalue weighted by Crippen LogP contribution is -2.44. The van der Waals surface area contributed by atoms with Crippen LogP contribution in [0.25, 0.3) is 11.0 Å². The van der Waals surface area contributed by atoms with Crippen molar-refractivity contribution in [3.8, 4) is 0 Å². The van der Waals surface area contributed by atoms with Crippen LogP contribution in [0.1, 0.15) is 76.6 Å². The molecule has 2 fully saturated rings. The molecule has 2 aromatic rings. The Labute approximate surface area is 195 Å². The van der Waals surface area contributed by atoms with E-state index in [9.17, 15) is 15.1 Å². The van der Waals surface area contributed by atoms with Gasteiger partial charge in [0.2, 0.25) is 0 Å². The first kappa shape index (κ1) is 23.5. The molecule has 1 aliphatic carbocycles. The van der Waals surface area contributed by atoms with Gasteiger partial charge in [-0.05, 0) is 62.0 Å². The molecule has 180 valence electrons. The number of piperidine rings is 1. The van der Waals surface area contributed by atoms with E-state index in [-0.39, 0.29) is 12.6 Å². The molecule has 1 amide bonds. The number of likely N-dealkylation sites (tertiary alicyclic amines) is 1. The Bertz CT molecular complexity index is 993. The van der Waals surface area contributed by atoms with Crippen molar-refractivity contribution in [3.05, 3.63) is 29.6 Å². The molecule has 2 aliphatic rings. The summed E-state index contributed by atoms with van der Waals surface area (Å²) in [4.78, 5) is 18.5. The van der Waals surface area contributed by atoms with E-state index in [1.165, 1.54) is 31.9 Å². The molecule has 0 radical (unpaired) electrons. The maximum Gasteiger partial charge on any atom is 0.404 e. The summed E-state index contributed by atoms with van der Waals surface area (Å²) in [6.07, 6.45) is 9.26. The highest BCUT2D eigenvalue weighted by atomic mass is 16.4. The number of nitrogens with zero attached hydrogens (tertiary/aromatic N) is 4. The molecule has 0 aromatic carbocycles. The van der Waals surface area contributed by atoms with E-state index in [1.54, 1.807) is 6.20 Å². The lowest BCUT2D eigenvalue weighted by molar-refractivity contribution is 0.0719. The Morgan fingerprint density at radius 3 is 2.48 bits per heavy atom. The number of carbonyl (C=O) groups is 1. The quantitative estimate of drug-likeness (QED) is 0.340. The normalized spacial score (nSPS) is 23.4. The second kappa shape index (κ2) is 9.71. The van der Waals surface area contributed by atoms with Crippen molar-refractivity contribution in [2.75, 3.05) is 13.1 Å². The molecule has 0 atom stereocenters. The molecule has 33 heavy (non-hydrogen) atoms. The molecule has 1 saturated carbocycles. The number of hydrogen-bond donors (Lipinski definition) is 3. The van der Waals surface area contributed by atoms with Gasteiger partial charge in [-0.3, -0.25) is 0 Å². The molecule has 0 spiro atoms. The van der Waals surface area contributed by atoms with E-state index in [0.717, 1.165) is 54.1 Å². The Kier molecular flexibility index (Phi) is 6.93. The zero-order valence-corrected chi connectivity index (χ0v) is 20.0. The number of rotatable bonds is 5. The van der Waals surface area contributed by atoms with Crippen molar-refractivity contribution >= 4 is 23.3 Å². The van der Waals surface area contributed by atoms with E-state index in [4.69, 9.17) is 0 Å². The van der Waals surface area contributed by atoms with Crippen LogP contribution in [-0.2, 0) is 6.54 Å². The van der Waals surface area contributed by atoms with Crippen LogP contribution in [0, 0.1) is 11.3 Å². The van der Waals surface area contributed by atoms with Crippen molar-refractivity contribution in [2.45, 2.75) is 77.9 Å². The SMILES string of the molecule is CC(C)(C)C1CCC(N2CCC(n3c(CNC(=O)O)c(C=NO)c4cccnc43)CC2)CC1. The number of pyridine rings is 1. The minimum absolute atomic E-state index is 0.143. The van der Waals surface area contributed by atoms with Crippen LogP contribution in [0.2, 0.25) is 0 Å². The van der Waals surface area contributed by atoms with Crippen molar-refractivity contribution in [1.29, 1.82) is 0 Å². The van der Waals surface area contributed by atoms with E-state index in [1.807, 2.05) is 12.1 Å². The number of fused-ring (bicyclic) bond motifs is 1. The van der Waals surface area contributed by atoms with Crippen LogP contribution in [0.4, 0.5) is 4.79 Å². The summed E-state index contributed by atoms with van der Waals surface area (Å²) in [6.45, 7) is 9.32. The number of amides is 1. The summed E-state index contributed by atoms with van der Waals surface area (Å²) < 4.78 is 2.18. The summed E-state index contributed by atoms with van der Waals surface area (Å²) in [6, 6.07) is 4.71. The zero-order valence-electron chi connectivity index (χ0n) is 20.0. The standard InChI is InChI=1S/C25H37N5O3/c1-25(2,3)17-6-8-18(9-7-17)29-13-10-19(11-14-29)30-22(16-27-24(31)32)21(15-28-33)20-5-4-12-26-23(20)30/h4-5,12,15,17-19,27,33H,6-11,13-14,16H2,1-3H3,(H,31,32). The number of carboxylic acid groups (broad SMARTS) is 1. The first-order valence-electron chi connectivity index (χ1n) is 12.2. The van der Waals surface area contributed by atoms with Gasteiger partial charge in [0.25, 0.3) is 0 Å². The predicted octanol–water partition coefficient (Wildman–Crippen LogP) is 4.85. The fourth-order valence-electron chi connectivity index (χ4n) is 5.96. The first-order valence-corrected chi connectivity index (χ1v) is 12.2. The van der Waals surface area contributed by atoms with Gasteiger partial charge in [0.15, 0.2) is 0 Å². The number of nitrogens with one attached hydrogen (secondary N) is 1. The van der Waals surface area contributed by atoms with Crippen molar-refractivity contribution in [3.63, 3.8) is 0 Å². The Hall–Kier alpha value is -2.61. The van der Waals surface area contributed by atoms with E-state index in [2.05, 4.69) is 45.7 Å². The minimum atomic E-state index is -1.08. The third-order valence-electron chi connectivity index (χ3n) is 7.80. The molecule has 0 unspecified atom stereocenters. The molecule has 3 N–H and O–H groups in total. The average Bonchev–Trinajstić information content (AvgIpc) is 3.11. The molecule has 3 heterocycles. The third kappa shape index (κ3) is 5.00. The highest BCUT2D eigenvalue weighted by molar-refractivity contribution is 5.99. The second-order valence-electron chi connectivity index (χ2n) is 10.6. The van der Waals surface area contributed by atoms with Gasteiger partial charge >= 0.3 is 6.09 Å². The van der Waals surface area contributed by atoms with E-state index >= 15 is 0 Å². The van der Waals surface area contributed by atoms with Gasteiger partial charge in [-0.2, -0.15) is 0 Å². The maximum atomic E-state index is 11.2. The summed E-state index contributed by atoms with van der Waals surface area (Å²) in [5.74, 6) is 0.819. The van der Waals surface area contributed by atoms with E-state index < -0.39 is 6.09 Å². The highest BCUT2D eigenvalue weighted by Gasteiger charge is 2.34. The van der Waals surface area contributed by atoms with Gasteiger partial charge in [-0.25, -0.2) is 9.78 Å². The summed E-state index contributed by atoms with van der Waals surface area (Å²) >= 11 is 0. The maximum absolute atomic E-state index is 11.2. The molecular formula is C25H37N5O3. The van der Waals surface area contributed by atoms with Gasteiger partial charge in [-0.15, -0.1) is 0 Å². The molecule has 4 rings (SSSR count). The summed E-state index contributed by atoms with van der Waals surface area (Å²) in [7, 11) is 0. The molecule has 2 aromatic heterocycles. The van der Waals surface area contributed by atoms with Crippen molar-refractivity contribution in [2.24, 2.45) is 16.5 Å². The first-order chi connectivity index (χ1) is 15.8. The third-order valence-corrected chi connectivity index (χ3v) is 7.80. The summed E-state index contributed by atoms with van der Waals surface area (Å²) in [5, 5.41) is 25.1. The van der Waals surface area contributed by atoms with Crippen LogP contribution in [0.3, 0.4) is 0 Å². The Morgan fingerprint density at radius 2 is 1.88 bits per heavy atom. The lowest BCUT2D eigenvalue weighted by atomic mass is 9.71. The van der Waals surface area contributed by atoms with Gasteiger partial charge in [0.1, 0.15) is 5.65 Å². The van der Waals surface area contributed by atoms with Crippen LogP contribution >= 0.6 is 0 Å². The largest absolute Gasteiger partial charge is 0.465 e. The minimum Gasteiger partial charge on any atom is -0.465 e. The summed E-state index contributed by atoms with van der Waals surface area (Å²) in [5.41, 5.74) is 2.74. The van der Waals surface area contributed by atoms with Gasteiger partial charge in [0.05, 0.1) is 12.8 Å². The van der Waals surface area contributed by atoms with Crippen LogP contribution in [-0.4, -0.2) is 56.2 Å². The fourth-order valence-corrected chi connectivity index (χ4v) is 5.96. The van der Waals surface area contributed by atoms with Gasteiger partial charge in [-0.1, -0.05) is 25.9 Å². The van der Waals surface area contributed by atoms with Gasteiger partial charge in [0, 0.05) is 48.0 Å². The van der Waals surface area contributed by atoms with Crippen molar-refractivity contribution < 1.29 is 15.1 Å². The fraction of sp³-hybridized carbons (Fsp3) is 0.640. The van der Waals surface area contributed by atoms with Crippen LogP contribution in [0.15, 0.2) is 23.5 Å². The van der Waals surface area contributed by atoms with E-state index in [0.29, 0.717) is 11.5 Å². The van der Waals surface area contributed by atoms with Crippen molar-refractivity contribution in [1.82, 2.24) is 19.8 Å². The predicted molar refractivity (Wildman–Crippen MR) is 129 cm³/mol. The number of oxime groups is 1. The molecule has 1 aliphatic heterocycles. The Morgan fingerprint density at radius 1 is 1.18 bits per heavy atom. The topological polar surface area (TPSA) is 103 Å². The highest BCUT2D eigenvalue weighted by Crippen LogP contribution is 2.40. The lowest BCUT2D eigenvalue weighted by Gasteiger charge is -2.43. The Balaban J connectivity index is 1.52. The van der Waals surface area contributed by atoms with Crippen LogP contribution < -0.4 is 5.32 Å². The molecule has 1 saturated heterocycles. The number of aromatic nitrogens is 2. The molecule has 0 bridgehead atoms. The van der Waals surface area contributed by atoms with Gasteiger partial charge < -0.3 is 25.1 Å².